The summed E-state index contributed by atoms with van der Waals surface area (Å²) >= 11 is 0. The molecule has 0 fully saturated rings. The lowest BCUT2D eigenvalue weighted by molar-refractivity contribution is -0.130. The summed E-state index contributed by atoms with van der Waals surface area (Å²) in [5, 5.41) is 2.91. The van der Waals surface area contributed by atoms with Crippen LogP contribution in [-0.2, 0) is 22.7 Å². The molecule has 0 atom stereocenters. The quantitative estimate of drug-likeness (QED) is 0.850. The van der Waals surface area contributed by atoms with Gasteiger partial charge < -0.3 is 10.2 Å². The Morgan fingerprint density at radius 3 is 2.50 bits per heavy atom. The van der Waals surface area contributed by atoms with Crippen molar-refractivity contribution in [2.75, 3.05) is 6.54 Å². The zero-order valence-electron chi connectivity index (χ0n) is 14.2. The molecule has 1 heterocycles. The molecule has 0 saturated heterocycles. The molecule has 2 amide bonds. The molecular formula is C19H23N3O2. The molecule has 0 radical (unpaired) electrons. The number of pyridine rings is 1. The van der Waals surface area contributed by atoms with E-state index < -0.39 is 0 Å². The van der Waals surface area contributed by atoms with E-state index >= 15 is 0 Å². The average Bonchev–Trinajstić information content (AvgIpc) is 2.58. The van der Waals surface area contributed by atoms with Crippen LogP contribution in [0.4, 0.5) is 0 Å². The monoisotopic (exact) mass is 325 g/mol. The fourth-order valence-electron chi connectivity index (χ4n) is 2.38. The zero-order valence-corrected chi connectivity index (χ0v) is 14.2. The van der Waals surface area contributed by atoms with Crippen molar-refractivity contribution in [1.29, 1.82) is 0 Å². The van der Waals surface area contributed by atoms with Crippen LogP contribution in [0.1, 0.15) is 30.0 Å². The van der Waals surface area contributed by atoms with Gasteiger partial charge in [-0.25, -0.2) is 0 Å². The fourth-order valence-corrected chi connectivity index (χ4v) is 2.38. The molecule has 0 aliphatic rings. The minimum Gasteiger partial charge on any atom is -0.352 e. The topological polar surface area (TPSA) is 62.3 Å². The summed E-state index contributed by atoms with van der Waals surface area (Å²) in [4.78, 5) is 29.4. The van der Waals surface area contributed by atoms with Gasteiger partial charge in [-0.2, -0.15) is 0 Å². The number of carbonyl (C=O) groups is 2. The number of amides is 2. The van der Waals surface area contributed by atoms with Crippen molar-refractivity contribution in [3.63, 3.8) is 0 Å². The Hall–Kier alpha value is -2.69. The number of rotatable bonds is 7. The van der Waals surface area contributed by atoms with Crippen molar-refractivity contribution in [3.05, 3.63) is 65.5 Å². The van der Waals surface area contributed by atoms with Gasteiger partial charge >= 0.3 is 0 Å². The van der Waals surface area contributed by atoms with Crippen molar-refractivity contribution >= 4 is 11.8 Å². The fraction of sp³-hybridized carbons (Fsp3) is 0.316. The lowest BCUT2D eigenvalue weighted by Crippen LogP contribution is -2.33. The Bertz CT molecular complexity index is 686. The Morgan fingerprint density at radius 2 is 1.83 bits per heavy atom. The minimum atomic E-state index is -0.0563. The highest BCUT2D eigenvalue weighted by Gasteiger charge is 2.12. The first-order chi connectivity index (χ1) is 11.6. The summed E-state index contributed by atoms with van der Waals surface area (Å²) in [5.74, 6) is -0.0993. The molecular weight excluding hydrogens is 302 g/mol. The lowest BCUT2D eigenvalue weighted by Gasteiger charge is -2.21. The van der Waals surface area contributed by atoms with Gasteiger partial charge in [0.05, 0.1) is 0 Å². The number of nitrogens with one attached hydrogen (secondary N) is 1. The molecule has 0 aliphatic carbocycles. The highest BCUT2D eigenvalue weighted by molar-refractivity contribution is 5.78. The largest absolute Gasteiger partial charge is 0.352 e. The van der Waals surface area contributed by atoms with E-state index in [0.29, 0.717) is 19.6 Å². The summed E-state index contributed by atoms with van der Waals surface area (Å²) < 4.78 is 0. The first-order valence-corrected chi connectivity index (χ1v) is 8.02. The van der Waals surface area contributed by atoms with Crippen LogP contribution in [0.2, 0.25) is 0 Å². The Balaban J connectivity index is 1.82. The predicted octanol–water partition coefficient (Wildman–Crippen LogP) is 2.45. The van der Waals surface area contributed by atoms with E-state index in [4.69, 9.17) is 0 Å². The third-order valence-corrected chi connectivity index (χ3v) is 3.91. The summed E-state index contributed by atoms with van der Waals surface area (Å²) in [6.07, 6.45) is 3.68. The lowest BCUT2D eigenvalue weighted by atomic mass is 10.1. The normalized spacial score (nSPS) is 10.2. The van der Waals surface area contributed by atoms with Crippen molar-refractivity contribution in [1.82, 2.24) is 15.2 Å². The molecule has 0 unspecified atom stereocenters. The Labute approximate surface area is 142 Å². The SMILES string of the molecule is CC(=O)N(CCC(=O)NCc1ccccc1C)Cc1ccncc1. The smallest absolute Gasteiger partial charge is 0.222 e. The number of nitrogens with zero attached hydrogens (tertiary/aromatic N) is 2. The maximum Gasteiger partial charge on any atom is 0.222 e. The van der Waals surface area contributed by atoms with E-state index in [1.807, 2.05) is 43.3 Å². The first-order valence-electron chi connectivity index (χ1n) is 8.02. The molecule has 1 aromatic heterocycles. The maximum atomic E-state index is 12.0. The van der Waals surface area contributed by atoms with E-state index in [1.165, 1.54) is 6.92 Å². The van der Waals surface area contributed by atoms with Gasteiger partial charge in [-0.1, -0.05) is 24.3 Å². The van der Waals surface area contributed by atoms with Gasteiger partial charge in [0, 0.05) is 45.4 Å². The second-order valence-corrected chi connectivity index (χ2v) is 5.75. The van der Waals surface area contributed by atoms with Crippen molar-refractivity contribution in [3.8, 4) is 0 Å². The van der Waals surface area contributed by atoms with Gasteiger partial charge in [-0.3, -0.25) is 14.6 Å². The molecule has 1 N–H and O–H groups in total. The standard InChI is InChI=1S/C19H23N3O2/c1-15-5-3-4-6-18(15)13-21-19(24)9-12-22(16(2)23)14-17-7-10-20-11-8-17/h3-8,10-11H,9,12-14H2,1-2H3,(H,21,24). The molecule has 5 nitrogen and oxygen atoms in total. The van der Waals surface area contributed by atoms with Gasteiger partial charge in [-0.15, -0.1) is 0 Å². The van der Waals surface area contributed by atoms with Crippen LogP contribution < -0.4 is 5.32 Å². The highest BCUT2D eigenvalue weighted by atomic mass is 16.2. The van der Waals surface area contributed by atoms with Crippen LogP contribution in [0.25, 0.3) is 0 Å². The van der Waals surface area contributed by atoms with E-state index in [0.717, 1.165) is 16.7 Å². The van der Waals surface area contributed by atoms with Gasteiger partial charge in [0.2, 0.25) is 11.8 Å². The van der Waals surface area contributed by atoms with Gasteiger partial charge in [0.1, 0.15) is 0 Å². The van der Waals surface area contributed by atoms with Gasteiger partial charge in [0.25, 0.3) is 0 Å². The van der Waals surface area contributed by atoms with E-state index in [1.54, 1.807) is 17.3 Å². The molecule has 0 saturated carbocycles. The van der Waals surface area contributed by atoms with Crippen LogP contribution >= 0.6 is 0 Å². The van der Waals surface area contributed by atoms with Crippen LogP contribution in [-0.4, -0.2) is 28.2 Å². The number of hydrogen-bond donors (Lipinski definition) is 1. The molecule has 126 valence electrons. The number of hydrogen-bond acceptors (Lipinski definition) is 3. The van der Waals surface area contributed by atoms with Crippen molar-refractivity contribution in [2.24, 2.45) is 0 Å². The van der Waals surface area contributed by atoms with Crippen molar-refractivity contribution < 1.29 is 9.59 Å². The highest BCUT2D eigenvalue weighted by Crippen LogP contribution is 2.07. The molecule has 2 aromatic rings. The minimum absolute atomic E-state index is 0.0430. The predicted molar refractivity (Wildman–Crippen MR) is 93.0 cm³/mol. The first kappa shape index (κ1) is 17.7. The van der Waals surface area contributed by atoms with Gasteiger partial charge in [0.15, 0.2) is 0 Å². The maximum absolute atomic E-state index is 12.0. The molecule has 0 spiro atoms. The Morgan fingerprint density at radius 1 is 1.12 bits per heavy atom. The number of carbonyl (C=O) groups excluding carboxylic acids is 2. The zero-order chi connectivity index (χ0) is 17.4. The second kappa shape index (κ2) is 8.82. The molecule has 5 heteroatoms. The van der Waals surface area contributed by atoms with Crippen LogP contribution in [0.15, 0.2) is 48.8 Å². The number of aryl methyl sites for hydroxylation is 1. The van der Waals surface area contributed by atoms with Crippen LogP contribution in [0, 0.1) is 6.92 Å². The van der Waals surface area contributed by atoms with Crippen LogP contribution in [0.5, 0.6) is 0 Å². The van der Waals surface area contributed by atoms with E-state index in [-0.39, 0.29) is 18.2 Å². The van der Waals surface area contributed by atoms with E-state index in [2.05, 4.69) is 10.3 Å². The number of benzene rings is 1. The number of aromatic nitrogens is 1. The molecule has 0 bridgehead atoms. The van der Waals surface area contributed by atoms with Gasteiger partial charge in [-0.05, 0) is 35.7 Å². The average molecular weight is 325 g/mol. The second-order valence-electron chi connectivity index (χ2n) is 5.75. The van der Waals surface area contributed by atoms with Crippen LogP contribution in [0.3, 0.4) is 0 Å². The van der Waals surface area contributed by atoms with Crippen molar-refractivity contribution in [2.45, 2.75) is 33.4 Å². The third-order valence-electron chi connectivity index (χ3n) is 3.91. The summed E-state index contributed by atoms with van der Waals surface area (Å²) in [6, 6.07) is 11.7. The molecule has 24 heavy (non-hydrogen) atoms. The molecule has 2 rings (SSSR count). The Kier molecular flexibility index (Phi) is 6.49. The summed E-state index contributed by atoms with van der Waals surface area (Å²) in [5.41, 5.74) is 3.26. The molecule has 1 aromatic carbocycles. The summed E-state index contributed by atoms with van der Waals surface area (Å²) in [6.45, 7) is 4.94. The third kappa shape index (κ3) is 5.50. The van der Waals surface area contributed by atoms with E-state index in [9.17, 15) is 9.59 Å². The molecule has 0 aliphatic heterocycles. The summed E-state index contributed by atoms with van der Waals surface area (Å²) in [7, 11) is 0.